The molecule has 1 aromatic heterocycles. The van der Waals surface area contributed by atoms with Crippen molar-refractivity contribution in [3.63, 3.8) is 0 Å². The van der Waals surface area contributed by atoms with Crippen LogP contribution in [-0.2, 0) is 6.61 Å². The second kappa shape index (κ2) is 5.44. The molecule has 0 radical (unpaired) electrons. The standard InChI is InChI=1S/C11H8N2O5S/c14-11(15)8-2-1-3-9(13(16)17)10(8)18-5-7-4-12-6-19-7/h1-4,6H,5H2,(H,14,15). The molecule has 0 amide bonds. The highest BCUT2D eigenvalue weighted by molar-refractivity contribution is 7.09. The number of thiazole rings is 1. The van der Waals surface area contributed by atoms with Crippen molar-refractivity contribution in [1.82, 2.24) is 4.98 Å². The molecular weight excluding hydrogens is 272 g/mol. The Hall–Kier alpha value is -2.48. The molecule has 0 aliphatic carbocycles. The van der Waals surface area contributed by atoms with Gasteiger partial charge in [-0.15, -0.1) is 11.3 Å². The number of nitro benzene ring substituents is 1. The lowest BCUT2D eigenvalue weighted by Gasteiger charge is -2.08. The van der Waals surface area contributed by atoms with Crippen molar-refractivity contribution < 1.29 is 19.6 Å². The van der Waals surface area contributed by atoms with Gasteiger partial charge in [0, 0.05) is 12.3 Å². The number of carboxylic acids is 1. The summed E-state index contributed by atoms with van der Waals surface area (Å²) in [5.74, 6) is -1.52. The maximum Gasteiger partial charge on any atom is 0.339 e. The topological polar surface area (TPSA) is 103 Å². The Bertz CT molecular complexity index is 579. The van der Waals surface area contributed by atoms with Gasteiger partial charge in [-0.05, 0) is 6.07 Å². The summed E-state index contributed by atoms with van der Waals surface area (Å²) in [4.78, 5) is 25.8. The highest BCUT2D eigenvalue weighted by Crippen LogP contribution is 2.31. The van der Waals surface area contributed by atoms with Gasteiger partial charge in [-0.1, -0.05) is 6.07 Å². The van der Waals surface area contributed by atoms with Crippen molar-refractivity contribution in [2.24, 2.45) is 0 Å². The van der Waals surface area contributed by atoms with E-state index in [9.17, 15) is 14.9 Å². The number of para-hydroxylation sites is 1. The number of aromatic nitrogens is 1. The molecule has 98 valence electrons. The third kappa shape index (κ3) is 2.86. The SMILES string of the molecule is O=C(O)c1cccc([N+](=O)[O-])c1OCc1cncs1. The molecule has 0 aliphatic heterocycles. The minimum atomic E-state index is -1.27. The van der Waals surface area contributed by atoms with Gasteiger partial charge in [0.1, 0.15) is 12.2 Å². The van der Waals surface area contributed by atoms with Crippen LogP contribution < -0.4 is 4.74 Å². The van der Waals surface area contributed by atoms with Gasteiger partial charge in [-0.2, -0.15) is 0 Å². The maximum absolute atomic E-state index is 11.0. The van der Waals surface area contributed by atoms with Crippen molar-refractivity contribution in [3.05, 3.63) is 50.5 Å². The van der Waals surface area contributed by atoms with E-state index in [1.807, 2.05) is 0 Å². The molecule has 0 aliphatic rings. The van der Waals surface area contributed by atoms with Gasteiger partial charge in [-0.25, -0.2) is 4.79 Å². The number of nitro groups is 1. The first-order valence-electron chi connectivity index (χ1n) is 5.10. The summed E-state index contributed by atoms with van der Waals surface area (Å²) in [7, 11) is 0. The molecule has 19 heavy (non-hydrogen) atoms. The van der Waals surface area contributed by atoms with E-state index in [-0.39, 0.29) is 23.6 Å². The fourth-order valence-electron chi connectivity index (χ4n) is 1.45. The van der Waals surface area contributed by atoms with Crippen LogP contribution in [-0.4, -0.2) is 21.0 Å². The summed E-state index contributed by atoms with van der Waals surface area (Å²) in [6, 6.07) is 3.77. The zero-order valence-electron chi connectivity index (χ0n) is 9.48. The highest BCUT2D eigenvalue weighted by atomic mass is 32.1. The summed E-state index contributed by atoms with van der Waals surface area (Å²) in [5, 5.41) is 19.9. The molecule has 0 unspecified atom stereocenters. The molecule has 0 atom stereocenters. The quantitative estimate of drug-likeness (QED) is 0.666. The summed E-state index contributed by atoms with van der Waals surface area (Å²) < 4.78 is 5.28. The van der Waals surface area contributed by atoms with Crippen molar-refractivity contribution in [2.45, 2.75) is 6.61 Å². The zero-order chi connectivity index (χ0) is 13.8. The number of hydrogen-bond donors (Lipinski definition) is 1. The largest absolute Gasteiger partial charge is 0.480 e. The predicted octanol–water partition coefficient (Wildman–Crippen LogP) is 2.33. The van der Waals surface area contributed by atoms with Gasteiger partial charge in [-0.3, -0.25) is 15.1 Å². The minimum absolute atomic E-state index is 0.0375. The Morgan fingerprint density at radius 2 is 2.32 bits per heavy atom. The van der Waals surface area contributed by atoms with E-state index in [2.05, 4.69) is 4.98 Å². The first-order chi connectivity index (χ1) is 9.09. The van der Waals surface area contributed by atoms with E-state index in [0.29, 0.717) is 0 Å². The van der Waals surface area contributed by atoms with Crippen LogP contribution in [0, 0.1) is 10.1 Å². The summed E-state index contributed by atoms with van der Waals surface area (Å²) >= 11 is 1.32. The van der Waals surface area contributed by atoms with Crippen molar-refractivity contribution >= 4 is 23.0 Å². The van der Waals surface area contributed by atoms with Crippen LogP contribution in [0.4, 0.5) is 5.69 Å². The Kier molecular flexibility index (Phi) is 3.71. The number of ether oxygens (including phenoxy) is 1. The molecular formula is C11H8N2O5S. The second-order valence-corrected chi connectivity index (χ2v) is 4.44. The van der Waals surface area contributed by atoms with Crippen LogP contribution in [0.1, 0.15) is 15.2 Å². The average Bonchev–Trinajstić information content (AvgIpc) is 2.88. The lowest BCUT2D eigenvalue weighted by Crippen LogP contribution is -2.05. The molecule has 7 nitrogen and oxygen atoms in total. The second-order valence-electron chi connectivity index (χ2n) is 3.47. The number of carboxylic acid groups (broad SMARTS) is 1. The van der Waals surface area contributed by atoms with Crippen LogP contribution in [0.15, 0.2) is 29.9 Å². The van der Waals surface area contributed by atoms with E-state index in [0.717, 1.165) is 4.88 Å². The molecule has 2 rings (SSSR count). The maximum atomic E-state index is 11.0. The first kappa shape index (κ1) is 13.0. The van der Waals surface area contributed by atoms with Crippen LogP contribution in [0.5, 0.6) is 5.75 Å². The van der Waals surface area contributed by atoms with E-state index in [1.54, 1.807) is 11.7 Å². The Morgan fingerprint density at radius 3 is 2.89 bits per heavy atom. The molecule has 0 spiro atoms. The van der Waals surface area contributed by atoms with E-state index >= 15 is 0 Å². The number of nitrogens with zero attached hydrogens (tertiary/aromatic N) is 2. The third-order valence-electron chi connectivity index (χ3n) is 2.26. The molecule has 1 heterocycles. The van der Waals surface area contributed by atoms with Gasteiger partial charge in [0.25, 0.3) is 0 Å². The van der Waals surface area contributed by atoms with E-state index < -0.39 is 10.9 Å². The number of hydrogen-bond acceptors (Lipinski definition) is 6. The molecule has 0 saturated heterocycles. The zero-order valence-corrected chi connectivity index (χ0v) is 10.3. The van der Waals surface area contributed by atoms with E-state index in [4.69, 9.17) is 9.84 Å². The number of rotatable bonds is 5. The number of aromatic carboxylic acids is 1. The molecule has 2 aromatic rings. The number of benzene rings is 1. The van der Waals surface area contributed by atoms with E-state index in [1.165, 1.54) is 29.5 Å². The molecule has 1 N–H and O–H groups in total. The Morgan fingerprint density at radius 1 is 1.53 bits per heavy atom. The normalized spacial score (nSPS) is 10.1. The Labute approximate surface area is 111 Å². The molecule has 0 saturated carbocycles. The highest BCUT2D eigenvalue weighted by Gasteiger charge is 2.23. The fraction of sp³-hybridized carbons (Fsp3) is 0.0909. The van der Waals surface area contributed by atoms with Crippen molar-refractivity contribution in [1.29, 1.82) is 0 Å². The van der Waals surface area contributed by atoms with Gasteiger partial charge >= 0.3 is 11.7 Å². The summed E-state index contributed by atoms with van der Waals surface area (Å²) in [6.45, 7) is 0.0375. The molecule has 0 fully saturated rings. The molecule has 1 aromatic carbocycles. The molecule has 0 bridgehead atoms. The lowest BCUT2D eigenvalue weighted by atomic mass is 10.2. The fourth-order valence-corrected chi connectivity index (χ4v) is 1.95. The number of carbonyl (C=O) groups is 1. The summed E-state index contributed by atoms with van der Waals surface area (Å²) in [6.07, 6.45) is 1.56. The minimum Gasteiger partial charge on any atom is -0.480 e. The van der Waals surface area contributed by atoms with Crippen LogP contribution in [0.25, 0.3) is 0 Å². The molecule has 8 heteroatoms. The first-order valence-corrected chi connectivity index (χ1v) is 5.98. The van der Waals surface area contributed by atoms with Crippen LogP contribution >= 0.6 is 11.3 Å². The third-order valence-corrected chi connectivity index (χ3v) is 3.02. The lowest BCUT2D eigenvalue weighted by molar-refractivity contribution is -0.386. The summed E-state index contributed by atoms with van der Waals surface area (Å²) in [5.41, 5.74) is 0.985. The smallest absolute Gasteiger partial charge is 0.339 e. The van der Waals surface area contributed by atoms with Crippen LogP contribution in [0.2, 0.25) is 0 Å². The van der Waals surface area contributed by atoms with Gasteiger partial charge in [0.2, 0.25) is 5.75 Å². The van der Waals surface area contributed by atoms with Gasteiger partial charge in [0.15, 0.2) is 0 Å². The monoisotopic (exact) mass is 280 g/mol. The van der Waals surface area contributed by atoms with Crippen LogP contribution in [0.3, 0.4) is 0 Å². The van der Waals surface area contributed by atoms with Gasteiger partial charge < -0.3 is 9.84 Å². The average molecular weight is 280 g/mol. The predicted molar refractivity (Wildman–Crippen MR) is 66.5 cm³/mol. The Balaban J connectivity index is 2.35. The van der Waals surface area contributed by atoms with Crippen molar-refractivity contribution in [2.75, 3.05) is 0 Å². The van der Waals surface area contributed by atoms with Crippen molar-refractivity contribution in [3.8, 4) is 5.75 Å². The van der Waals surface area contributed by atoms with Gasteiger partial charge in [0.05, 0.1) is 15.3 Å².